The van der Waals surface area contributed by atoms with E-state index in [1.54, 1.807) is 25.1 Å². The van der Waals surface area contributed by atoms with Crippen LogP contribution in [0.3, 0.4) is 0 Å². The molecule has 1 saturated heterocycles. The molecule has 1 fully saturated rings. The summed E-state index contributed by atoms with van der Waals surface area (Å²) in [6.07, 6.45) is -3.18. The summed E-state index contributed by atoms with van der Waals surface area (Å²) >= 11 is 0. The van der Waals surface area contributed by atoms with Crippen molar-refractivity contribution in [3.05, 3.63) is 77.3 Å². The summed E-state index contributed by atoms with van der Waals surface area (Å²) < 4.78 is 51.1. The molecule has 0 aliphatic carbocycles. The van der Waals surface area contributed by atoms with Crippen LogP contribution in [0.5, 0.6) is 5.75 Å². The lowest BCUT2D eigenvalue weighted by molar-refractivity contribution is -0.140. The van der Waals surface area contributed by atoms with Gasteiger partial charge in [0.2, 0.25) is 5.89 Å². The molecule has 9 nitrogen and oxygen atoms in total. The van der Waals surface area contributed by atoms with Gasteiger partial charge in [0.25, 0.3) is 11.8 Å². The van der Waals surface area contributed by atoms with Gasteiger partial charge in [0.15, 0.2) is 11.5 Å². The fourth-order valence-corrected chi connectivity index (χ4v) is 5.04. The van der Waals surface area contributed by atoms with Crippen LogP contribution < -0.4 is 15.8 Å². The van der Waals surface area contributed by atoms with Crippen molar-refractivity contribution in [3.63, 3.8) is 0 Å². The molecule has 12 heteroatoms. The van der Waals surface area contributed by atoms with Crippen molar-refractivity contribution in [1.29, 1.82) is 0 Å². The minimum Gasteiger partial charge on any atom is -0.494 e. The standard InChI is InChI=1S/C30H30F3N5O4/c1-17(34)26-25(27(39)35-16-18-12-14-38(15-13-18)29(40)19-6-4-3-5-7-19)37-28(42-26)21-8-10-22(41-2)24-20(21)9-11-23(36-24)30(31,32)33/h3-11,17-18H,12-16,34H2,1-2H3,(H,35,39)/t17-/m0/s1. The fraction of sp³-hybridized carbons (Fsp3) is 0.333. The molecule has 0 spiro atoms. The van der Waals surface area contributed by atoms with E-state index >= 15 is 0 Å². The third kappa shape index (κ3) is 5.94. The number of nitrogens with two attached hydrogens (primary N) is 1. The maximum absolute atomic E-state index is 13.3. The third-order valence-electron chi connectivity index (χ3n) is 7.32. The Kier molecular flexibility index (Phi) is 8.17. The van der Waals surface area contributed by atoms with Gasteiger partial charge in [-0.2, -0.15) is 13.2 Å². The first-order valence-corrected chi connectivity index (χ1v) is 13.5. The molecule has 0 saturated carbocycles. The minimum atomic E-state index is -4.64. The van der Waals surface area contributed by atoms with Crippen LogP contribution in [0.2, 0.25) is 0 Å². The summed E-state index contributed by atoms with van der Waals surface area (Å²) in [6.45, 7) is 3.19. The second-order valence-corrected chi connectivity index (χ2v) is 10.2. The largest absolute Gasteiger partial charge is 0.494 e. The molecule has 1 aliphatic heterocycles. The monoisotopic (exact) mass is 581 g/mol. The van der Waals surface area contributed by atoms with E-state index in [2.05, 4.69) is 15.3 Å². The normalized spacial score (nSPS) is 15.0. The molecule has 0 bridgehead atoms. The molecule has 220 valence electrons. The Labute approximate surface area is 239 Å². The molecular weight excluding hydrogens is 551 g/mol. The number of methoxy groups -OCH3 is 1. The van der Waals surface area contributed by atoms with Gasteiger partial charge in [0.05, 0.1) is 13.2 Å². The Hall–Kier alpha value is -4.45. The summed E-state index contributed by atoms with van der Waals surface area (Å²) in [4.78, 5) is 35.9. The first kappa shape index (κ1) is 29.1. The summed E-state index contributed by atoms with van der Waals surface area (Å²) in [5.74, 6) is -0.00305. The summed E-state index contributed by atoms with van der Waals surface area (Å²) in [5.41, 5.74) is 5.99. The number of ether oxygens (including phenoxy) is 1. The molecule has 1 atom stereocenters. The topological polar surface area (TPSA) is 124 Å². The number of likely N-dealkylation sites (tertiary alicyclic amines) is 1. The van der Waals surface area contributed by atoms with Gasteiger partial charge in [-0.05, 0) is 62.1 Å². The highest BCUT2D eigenvalue weighted by atomic mass is 19.4. The lowest BCUT2D eigenvalue weighted by atomic mass is 9.96. The molecule has 0 radical (unpaired) electrons. The van der Waals surface area contributed by atoms with Gasteiger partial charge in [0.1, 0.15) is 17.0 Å². The van der Waals surface area contributed by atoms with Crippen LogP contribution in [0.4, 0.5) is 13.2 Å². The Morgan fingerprint density at radius 2 is 1.81 bits per heavy atom. The number of fused-ring (bicyclic) bond motifs is 1. The quantitative estimate of drug-likeness (QED) is 0.307. The fourth-order valence-electron chi connectivity index (χ4n) is 5.04. The average molecular weight is 582 g/mol. The number of carbonyl (C=O) groups is 2. The number of nitrogens with one attached hydrogen (secondary N) is 1. The Balaban J connectivity index is 1.32. The van der Waals surface area contributed by atoms with Crippen molar-refractivity contribution in [2.24, 2.45) is 11.7 Å². The van der Waals surface area contributed by atoms with Gasteiger partial charge in [-0.25, -0.2) is 9.97 Å². The van der Waals surface area contributed by atoms with Gasteiger partial charge in [-0.3, -0.25) is 9.59 Å². The molecule has 42 heavy (non-hydrogen) atoms. The molecule has 0 unspecified atom stereocenters. The Bertz CT molecular complexity index is 1600. The molecule has 3 heterocycles. The van der Waals surface area contributed by atoms with E-state index in [1.807, 2.05) is 23.1 Å². The van der Waals surface area contributed by atoms with Crippen molar-refractivity contribution in [2.75, 3.05) is 26.7 Å². The smallest absolute Gasteiger partial charge is 0.433 e. The van der Waals surface area contributed by atoms with Crippen LogP contribution in [0, 0.1) is 5.92 Å². The van der Waals surface area contributed by atoms with Crippen molar-refractivity contribution >= 4 is 22.7 Å². The second kappa shape index (κ2) is 11.8. The number of halogens is 3. The molecule has 3 N–H and O–H groups in total. The number of hydrogen-bond donors (Lipinski definition) is 2. The van der Waals surface area contributed by atoms with Gasteiger partial charge in [-0.1, -0.05) is 18.2 Å². The van der Waals surface area contributed by atoms with Crippen LogP contribution >= 0.6 is 0 Å². The van der Waals surface area contributed by atoms with Crippen molar-refractivity contribution in [2.45, 2.75) is 32.0 Å². The van der Waals surface area contributed by atoms with E-state index < -0.39 is 23.8 Å². The van der Waals surface area contributed by atoms with E-state index in [1.165, 1.54) is 19.2 Å². The molecule has 2 aromatic carbocycles. The molecule has 5 rings (SSSR count). The van der Waals surface area contributed by atoms with Gasteiger partial charge in [0, 0.05) is 36.1 Å². The molecule has 1 aliphatic rings. The van der Waals surface area contributed by atoms with Crippen LogP contribution in [-0.2, 0) is 6.18 Å². The number of nitrogens with zero attached hydrogens (tertiary/aromatic N) is 3. The number of hydrogen-bond acceptors (Lipinski definition) is 7. The van der Waals surface area contributed by atoms with Crippen molar-refractivity contribution in [1.82, 2.24) is 20.2 Å². The van der Waals surface area contributed by atoms with Crippen LogP contribution in [-0.4, -0.2) is 53.4 Å². The SMILES string of the molecule is COc1ccc(-c2nc(C(=O)NCC3CCN(C(=O)c4ccccc4)CC3)c([C@H](C)N)o2)c2ccc(C(F)(F)F)nc12. The molecular formula is C30H30F3N5O4. The van der Waals surface area contributed by atoms with E-state index in [4.69, 9.17) is 14.9 Å². The number of piperidine rings is 1. The van der Waals surface area contributed by atoms with Crippen molar-refractivity contribution < 1.29 is 31.9 Å². The van der Waals surface area contributed by atoms with E-state index in [9.17, 15) is 22.8 Å². The van der Waals surface area contributed by atoms with Gasteiger partial charge < -0.3 is 25.1 Å². The number of amides is 2. The third-order valence-corrected chi connectivity index (χ3v) is 7.32. The van der Waals surface area contributed by atoms with E-state index in [0.717, 1.165) is 18.9 Å². The number of oxazole rings is 1. The van der Waals surface area contributed by atoms with Crippen molar-refractivity contribution in [3.8, 4) is 17.2 Å². The van der Waals surface area contributed by atoms with Crippen LogP contribution in [0.25, 0.3) is 22.4 Å². The Morgan fingerprint density at radius 3 is 2.45 bits per heavy atom. The highest BCUT2D eigenvalue weighted by Gasteiger charge is 2.33. The number of pyridine rings is 1. The zero-order valence-electron chi connectivity index (χ0n) is 23.1. The highest BCUT2D eigenvalue weighted by Crippen LogP contribution is 2.37. The zero-order chi connectivity index (χ0) is 30.0. The maximum atomic E-state index is 13.3. The average Bonchev–Trinajstić information content (AvgIpc) is 3.45. The van der Waals surface area contributed by atoms with Gasteiger partial charge in [-0.15, -0.1) is 0 Å². The molecule has 2 amide bonds. The van der Waals surface area contributed by atoms with E-state index in [0.29, 0.717) is 36.1 Å². The van der Waals surface area contributed by atoms with Gasteiger partial charge >= 0.3 is 6.18 Å². The summed E-state index contributed by atoms with van der Waals surface area (Å²) in [6, 6.07) is 13.6. The van der Waals surface area contributed by atoms with E-state index in [-0.39, 0.29) is 40.4 Å². The summed E-state index contributed by atoms with van der Waals surface area (Å²) in [5, 5.41) is 3.22. The maximum Gasteiger partial charge on any atom is 0.433 e. The lowest BCUT2D eigenvalue weighted by Gasteiger charge is -2.32. The zero-order valence-corrected chi connectivity index (χ0v) is 23.1. The first-order chi connectivity index (χ1) is 20.1. The van der Waals surface area contributed by atoms with Crippen LogP contribution in [0.1, 0.15) is 58.1 Å². The number of carbonyl (C=O) groups excluding carboxylic acids is 2. The predicted octanol–water partition coefficient (Wildman–Crippen LogP) is 5.22. The number of alkyl halides is 3. The summed E-state index contributed by atoms with van der Waals surface area (Å²) in [7, 11) is 1.34. The number of benzene rings is 2. The predicted molar refractivity (Wildman–Crippen MR) is 149 cm³/mol. The molecule has 2 aromatic heterocycles. The minimum absolute atomic E-state index is 0.000491. The Morgan fingerprint density at radius 1 is 1.10 bits per heavy atom. The second-order valence-electron chi connectivity index (χ2n) is 10.2. The number of rotatable bonds is 7. The number of aromatic nitrogens is 2. The first-order valence-electron chi connectivity index (χ1n) is 13.5. The lowest BCUT2D eigenvalue weighted by Crippen LogP contribution is -2.41. The highest BCUT2D eigenvalue weighted by molar-refractivity contribution is 5.98. The van der Waals surface area contributed by atoms with Crippen LogP contribution in [0.15, 0.2) is 59.0 Å². The molecule has 4 aromatic rings.